The lowest BCUT2D eigenvalue weighted by Gasteiger charge is -2.20. The maximum absolute atomic E-state index is 12.5. The predicted molar refractivity (Wildman–Crippen MR) is 101 cm³/mol. The monoisotopic (exact) mass is 354 g/mol. The molecular formula is C21H23ClN2O. The summed E-state index contributed by atoms with van der Waals surface area (Å²) in [6.45, 7) is 2.33. The number of nitrogens with zero attached hydrogens (tertiary/aromatic N) is 1. The molecule has 2 aromatic carbocycles. The van der Waals surface area contributed by atoms with Crippen LogP contribution in [0.2, 0.25) is 5.02 Å². The zero-order valence-electron chi connectivity index (χ0n) is 14.2. The molecule has 3 nitrogen and oxygen atoms in total. The van der Waals surface area contributed by atoms with Gasteiger partial charge in [-0.2, -0.15) is 0 Å². The Labute approximate surface area is 154 Å². The van der Waals surface area contributed by atoms with E-state index < -0.39 is 0 Å². The summed E-state index contributed by atoms with van der Waals surface area (Å²) in [5, 5.41) is 3.75. The van der Waals surface area contributed by atoms with Crippen LogP contribution in [0.3, 0.4) is 0 Å². The van der Waals surface area contributed by atoms with Gasteiger partial charge in [0.25, 0.3) is 0 Å². The van der Waals surface area contributed by atoms with E-state index in [1.165, 1.54) is 18.4 Å². The molecule has 1 aliphatic carbocycles. The number of amides is 2. The third-order valence-electron chi connectivity index (χ3n) is 5.67. The van der Waals surface area contributed by atoms with Crippen molar-refractivity contribution in [1.29, 1.82) is 0 Å². The van der Waals surface area contributed by atoms with Crippen LogP contribution < -0.4 is 5.32 Å². The second-order valence-corrected chi connectivity index (χ2v) is 7.73. The molecule has 4 heteroatoms. The lowest BCUT2D eigenvalue weighted by Crippen LogP contribution is -2.38. The highest BCUT2D eigenvalue weighted by Crippen LogP contribution is 2.46. The molecule has 2 amide bonds. The Balaban J connectivity index is 1.29. The normalized spacial score (nSPS) is 25.0. The molecule has 0 bridgehead atoms. The number of hydrogen-bond donors (Lipinski definition) is 1. The van der Waals surface area contributed by atoms with Gasteiger partial charge in [0.2, 0.25) is 0 Å². The molecule has 3 atom stereocenters. The number of hydrogen-bond acceptors (Lipinski definition) is 1. The van der Waals surface area contributed by atoms with Crippen LogP contribution in [0.5, 0.6) is 0 Å². The largest absolute Gasteiger partial charge is 0.334 e. The van der Waals surface area contributed by atoms with Crippen molar-refractivity contribution in [2.45, 2.75) is 25.3 Å². The lowest BCUT2D eigenvalue weighted by molar-refractivity contribution is 0.204. The molecule has 2 aliphatic rings. The number of carbonyl (C=O) groups excluding carboxylic acids is 1. The SMILES string of the molecule is O=C(NCc1ccc(Cl)cc1)N1C[C@H]2CC(c3ccccc3)C[C@H]2C1. The topological polar surface area (TPSA) is 32.3 Å². The summed E-state index contributed by atoms with van der Waals surface area (Å²) in [6.07, 6.45) is 2.41. The van der Waals surface area contributed by atoms with Crippen LogP contribution in [-0.2, 0) is 6.54 Å². The minimum atomic E-state index is 0.0561. The first kappa shape index (κ1) is 16.5. The molecule has 4 rings (SSSR count). The molecule has 1 aliphatic heterocycles. The molecule has 1 unspecified atom stereocenters. The van der Waals surface area contributed by atoms with Gasteiger partial charge in [-0.05, 0) is 53.9 Å². The first-order chi connectivity index (χ1) is 12.2. The summed E-state index contributed by atoms with van der Waals surface area (Å²) in [5.74, 6) is 1.95. The number of benzene rings is 2. The fraction of sp³-hybridized carbons (Fsp3) is 0.381. The zero-order valence-corrected chi connectivity index (χ0v) is 15.0. The van der Waals surface area contributed by atoms with Crippen molar-refractivity contribution >= 4 is 17.6 Å². The average molecular weight is 355 g/mol. The second kappa shape index (κ2) is 7.09. The van der Waals surface area contributed by atoms with Crippen LogP contribution in [0, 0.1) is 11.8 Å². The molecule has 1 saturated carbocycles. The number of urea groups is 1. The Morgan fingerprint density at radius 3 is 2.28 bits per heavy atom. The summed E-state index contributed by atoms with van der Waals surface area (Å²) in [4.78, 5) is 14.4. The van der Waals surface area contributed by atoms with Crippen molar-refractivity contribution in [2.24, 2.45) is 11.8 Å². The number of fused-ring (bicyclic) bond motifs is 1. The molecular weight excluding hydrogens is 332 g/mol. The maximum atomic E-state index is 12.5. The molecule has 25 heavy (non-hydrogen) atoms. The molecule has 130 valence electrons. The van der Waals surface area contributed by atoms with Crippen LogP contribution in [-0.4, -0.2) is 24.0 Å². The first-order valence-electron chi connectivity index (χ1n) is 9.01. The van der Waals surface area contributed by atoms with Gasteiger partial charge in [0.15, 0.2) is 0 Å². The van der Waals surface area contributed by atoms with Crippen LogP contribution >= 0.6 is 11.6 Å². The van der Waals surface area contributed by atoms with Gasteiger partial charge >= 0.3 is 6.03 Å². The van der Waals surface area contributed by atoms with Crippen molar-refractivity contribution in [3.05, 3.63) is 70.7 Å². The molecule has 1 heterocycles. The van der Waals surface area contributed by atoms with Crippen molar-refractivity contribution in [3.8, 4) is 0 Å². The van der Waals surface area contributed by atoms with Crippen molar-refractivity contribution in [1.82, 2.24) is 10.2 Å². The average Bonchev–Trinajstić information content (AvgIpc) is 3.21. The molecule has 1 saturated heterocycles. The van der Waals surface area contributed by atoms with Crippen molar-refractivity contribution in [3.63, 3.8) is 0 Å². The third kappa shape index (κ3) is 3.67. The van der Waals surface area contributed by atoms with E-state index in [4.69, 9.17) is 11.6 Å². The van der Waals surface area contributed by atoms with E-state index in [-0.39, 0.29) is 6.03 Å². The Morgan fingerprint density at radius 2 is 1.64 bits per heavy atom. The van der Waals surface area contributed by atoms with Gasteiger partial charge in [-0.25, -0.2) is 4.79 Å². The number of carbonyl (C=O) groups is 1. The van der Waals surface area contributed by atoms with Crippen LogP contribution in [0.25, 0.3) is 0 Å². The minimum Gasteiger partial charge on any atom is -0.334 e. The molecule has 2 aromatic rings. The van der Waals surface area contributed by atoms with Gasteiger partial charge < -0.3 is 10.2 Å². The van der Waals surface area contributed by atoms with Crippen molar-refractivity contribution in [2.75, 3.05) is 13.1 Å². The molecule has 2 fully saturated rings. The fourth-order valence-electron chi connectivity index (χ4n) is 4.35. The van der Waals surface area contributed by atoms with Crippen LogP contribution in [0.4, 0.5) is 4.79 Å². The van der Waals surface area contributed by atoms with E-state index in [0.29, 0.717) is 24.3 Å². The van der Waals surface area contributed by atoms with Gasteiger partial charge in [-0.15, -0.1) is 0 Å². The minimum absolute atomic E-state index is 0.0561. The summed E-state index contributed by atoms with van der Waals surface area (Å²) in [7, 11) is 0. The fourth-order valence-corrected chi connectivity index (χ4v) is 4.48. The molecule has 0 spiro atoms. The van der Waals surface area contributed by atoms with Crippen LogP contribution in [0.15, 0.2) is 54.6 Å². The highest BCUT2D eigenvalue weighted by atomic mass is 35.5. The standard InChI is InChI=1S/C21H23ClN2O/c22-20-8-6-15(7-9-20)12-23-21(25)24-13-18-10-17(11-19(18)14-24)16-4-2-1-3-5-16/h1-9,17-19H,10-14H2,(H,23,25)/t17?,18-,19+. The van der Waals surface area contributed by atoms with Gasteiger partial charge in [-0.3, -0.25) is 0 Å². The summed E-state index contributed by atoms with van der Waals surface area (Å²) >= 11 is 5.89. The van der Waals surface area contributed by atoms with E-state index in [2.05, 4.69) is 35.6 Å². The van der Waals surface area contributed by atoms with E-state index in [0.717, 1.165) is 23.7 Å². The highest BCUT2D eigenvalue weighted by molar-refractivity contribution is 6.30. The maximum Gasteiger partial charge on any atom is 0.317 e. The van der Waals surface area contributed by atoms with E-state index >= 15 is 0 Å². The summed E-state index contributed by atoms with van der Waals surface area (Å²) in [6, 6.07) is 18.5. The quantitative estimate of drug-likeness (QED) is 0.853. The summed E-state index contributed by atoms with van der Waals surface area (Å²) in [5.41, 5.74) is 2.52. The smallest absolute Gasteiger partial charge is 0.317 e. The predicted octanol–water partition coefficient (Wildman–Crippen LogP) is 4.68. The van der Waals surface area contributed by atoms with Gasteiger partial charge in [0.1, 0.15) is 0 Å². The number of rotatable bonds is 3. The number of likely N-dealkylation sites (tertiary alicyclic amines) is 1. The zero-order chi connectivity index (χ0) is 17.2. The molecule has 0 radical (unpaired) electrons. The highest BCUT2D eigenvalue weighted by Gasteiger charge is 2.42. The molecule has 0 aromatic heterocycles. The summed E-state index contributed by atoms with van der Waals surface area (Å²) < 4.78 is 0. The Kier molecular flexibility index (Phi) is 4.67. The Hall–Kier alpha value is -2.00. The Morgan fingerprint density at radius 1 is 1.00 bits per heavy atom. The van der Waals surface area contributed by atoms with Crippen molar-refractivity contribution < 1.29 is 4.79 Å². The van der Waals surface area contributed by atoms with E-state index in [1.807, 2.05) is 29.2 Å². The number of nitrogens with one attached hydrogen (secondary N) is 1. The Bertz CT molecular complexity index is 717. The number of halogens is 1. The lowest BCUT2D eigenvalue weighted by atomic mass is 9.96. The molecule has 1 N–H and O–H groups in total. The first-order valence-corrected chi connectivity index (χ1v) is 9.39. The van der Waals surface area contributed by atoms with E-state index in [9.17, 15) is 4.79 Å². The second-order valence-electron chi connectivity index (χ2n) is 7.29. The van der Waals surface area contributed by atoms with Gasteiger partial charge in [0, 0.05) is 24.7 Å². The van der Waals surface area contributed by atoms with E-state index in [1.54, 1.807) is 0 Å². The van der Waals surface area contributed by atoms with Gasteiger partial charge in [0.05, 0.1) is 0 Å². The van der Waals surface area contributed by atoms with Gasteiger partial charge in [-0.1, -0.05) is 54.1 Å². The third-order valence-corrected chi connectivity index (χ3v) is 5.92. The van der Waals surface area contributed by atoms with Crippen LogP contribution in [0.1, 0.15) is 29.9 Å².